The molecular formula is C41H28O27. The number of aromatic carboxylic acids is 1. The SMILES string of the molecule is O=C[C@@H]1OC(=O)c2cc(O)c(O)c(O)c2-c2c(cc(O)c(O)c2O)C(=O)O[C@H]1[C@@H]1OC(=O)c2cc(O)c(O)c(O)c2-c2c(cc(O)c(Oc3c(C(=O)O)cc(O)c(O)c3O)c2O)C(=O)OC[C@H]1O. The number of aliphatic hydroxyl groups excluding tert-OH is 1. The Bertz CT molecular complexity index is 3080. The van der Waals surface area contributed by atoms with E-state index in [0.29, 0.717) is 30.3 Å². The molecule has 7 rings (SSSR count). The minimum atomic E-state index is -2.70. The fraction of sp³-hybridized carbons (Fsp3) is 0.122. The van der Waals surface area contributed by atoms with Crippen molar-refractivity contribution in [1.82, 2.24) is 0 Å². The van der Waals surface area contributed by atoms with Crippen LogP contribution >= 0.6 is 0 Å². The number of phenolic OH excluding ortho intramolecular Hbond substituents is 14. The van der Waals surface area contributed by atoms with E-state index in [9.17, 15) is 110 Å². The van der Waals surface area contributed by atoms with E-state index in [0.717, 1.165) is 0 Å². The van der Waals surface area contributed by atoms with Gasteiger partial charge in [0.15, 0.2) is 82.1 Å². The highest BCUT2D eigenvalue weighted by Gasteiger charge is 2.47. The molecule has 354 valence electrons. The lowest BCUT2D eigenvalue weighted by Crippen LogP contribution is -2.53. The van der Waals surface area contributed by atoms with Crippen LogP contribution in [0.4, 0.5) is 0 Å². The van der Waals surface area contributed by atoms with Crippen LogP contribution < -0.4 is 4.74 Å². The lowest BCUT2D eigenvalue weighted by Gasteiger charge is -2.33. The Morgan fingerprint density at radius 1 is 0.485 bits per heavy atom. The molecular weight excluding hydrogens is 924 g/mol. The zero-order valence-electron chi connectivity index (χ0n) is 33.1. The number of aromatic hydroxyl groups is 14. The third kappa shape index (κ3) is 7.26. The number of benzene rings is 5. The number of carboxylic acids is 1. The van der Waals surface area contributed by atoms with Crippen LogP contribution in [-0.2, 0) is 23.7 Å². The van der Waals surface area contributed by atoms with Crippen LogP contribution in [0.5, 0.6) is 92.0 Å². The van der Waals surface area contributed by atoms with Crippen molar-refractivity contribution in [2.24, 2.45) is 0 Å². The molecule has 2 aliphatic rings. The van der Waals surface area contributed by atoms with E-state index in [4.69, 9.17) is 23.7 Å². The molecule has 27 heteroatoms. The molecule has 0 amide bonds. The highest BCUT2D eigenvalue weighted by atomic mass is 16.6. The monoisotopic (exact) mass is 952 g/mol. The summed E-state index contributed by atoms with van der Waals surface area (Å²) in [5.74, 6) is -31.9. The maximum Gasteiger partial charge on any atom is 0.339 e. The molecule has 2 aliphatic heterocycles. The van der Waals surface area contributed by atoms with Crippen molar-refractivity contribution < 1.29 is 134 Å². The second-order valence-corrected chi connectivity index (χ2v) is 14.3. The molecule has 0 radical (unpaired) electrons. The number of hydrogen-bond donors (Lipinski definition) is 16. The van der Waals surface area contributed by atoms with E-state index in [1.54, 1.807) is 0 Å². The van der Waals surface area contributed by atoms with Gasteiger partial charge in [0.2, 0.25) is 34.5 Å². The van der Waals surface area contributed by atoms with Crippen LogP contribution in [-0.4, -0.2) is 149 Å². The van der Waals surface area contributed by atoms with Crippen molar-refractivity contribution in [3.8, 4) is 114 Å². The number of rotatable bonds is 5. The molecule has 0 aliphatic carbocycles. The summed E-state index contributed by atoms with van der Waals surface area (Å²) < 4.78 is 26.4. The fourth-order valence-electron chi connectivity index (χ4n) is 7.07. The maximum absolute atomic E-state index is 14.4. The van der Waals surface area contributed by atoms with Crippen LogP contribution in [0.1, 0.15) is 51.8 Å². The van der Waals surface area contributed by atoms with Crippen molar-refractivity contribution in [2.75, 3.05) is 6.61 Å². The summed E-state index contributed by atoms with van der Waals surface area (Å²) in [7, 11) is 0. The first-order valence-corrected chi connectivity index (χ1v) is 18.5. The Kier molecular flexibility index (Phi) is 11.2. The van der Waals surface area contributed by atoms with Crippen LogP contribution in [0.3, 0.4) is 0 Å². The first-order valence-electron chi connectivity index (χ1n) is 18.5. The number of fused-ring (bicyclic) bond motifs is 6. The number of hydrogen-bond acceptors (Lipinski definition) is 26. The zero-order chi connectivity index (χ0) is 50.1. The number of carbonyl (C=O) groups is 6. The van der Waals surface area contributed by atoms with Gasteiger partial charge in [0.1, 0.15) is 18.3 Å². The van der Waals surface area contributed by atoms with Gasteiger partial charge in [0, 0.05) is 28.3 Å². The van der Waals surface area contributed by atoms with Gasteiger partial charge in [-0.2, -0.15) is 0 Å². The third-order valence-corrected chi connectivity index (χ3v) is 10.3. The van der Waals surface area contributed by atoms with Gasteiger partial charge in [-0.25, -0.2) is 24.0 Å². The highest BCUT2D eigenvalue weighted by Crippen LogP contribution is 2.57. The van der Waals surface area contributed by atoms with Gasteiger partial charge < -0.3 is 105 Å². The second kappa shape index (κ2) is 16.6. The van der Waals surface area contributed by atoms with Gasteiger partial charge in [0.25, 0.3) is 0 Å². The third-order valence-electron chi connectivity index (χ3n) is 10.3. The van der Waals surface area contributed by atoms with Crippen molar-refractivity contribution >= 4 is 36.1 Å². The van der Waals surface area contributed by atoms with Crippen molar-refractivity contribution in [1.29, 1.82) is 0 Å². The number of cyclic esters (lactones) is 4. The van der Waals surface area contributed by atoms with E-state index in [-0.39, 0.29) is 6.29 Å². The van der Waals surface area contributed by atoms with E-state index >= 15 is 0 Å². The minimum absolute atomic E-state index is 0.290. The molecule has 0 bridgehead atoms. The van der Waals surface area contributed by atoms with Gasteiger partial charge in [-0.15, -0.1) is 0 Å². The summed E-state index contributed by atoms with van der Waals surface area (Å²) in [4.78, 5) is 80.9. The minimum Gasteiger partial charge on any atom is -0.504 e. The molecule has 16 N–H and O–H groups in total. The number of esters is 4. The summed E-state index contributed by atoms with van der Waals surface area (Å²) >= 11 is 0. The molecule has 4 atom stereocenters. The quantitative estimate of drug-likeness (QED) is 0.0512. The number of ether oxygens (including phenoxy) is 5. The summed E-state index contributed by atoms with van der Waals surface area (Å²) in [6.07, 6.45) is -10.9. The lowest BCUT2D eigenvalue weighted by molar-refractivity contribution is -0.142. The predicted molar refractivity (Wildman–Crippen MR) is 211 cm³/mol. The second-order valence-electron chi connectivity index (χ2n) is 14.3. The first-order chi connectivity index (χ1) is 31.9. The van der Waals surface area contributed by atoms with Gasteiger partial charge in [-0.05, 0) is 24.3 Å². The molecule has 2 heterocycles. The lowest BCUT2D eigenvalue weighted by atomic mass is 9.91. The van der Waals surface area contributed by atoms with Gasteiger partial charge in [-0.1, -0.05) is 0 Å². The van der Waals surface area contributed by atoms with Gasteiger partial charge in [-0.3, -0.25) is 4.79 Å². The van der Waals surface area contributed by atoms with E-state index < -0.39 is 203 Å². The number of carboxylic acid groups (broad SMARTS) is 1. The Morgan fingerprint density at radius 3 is 1.32 bits per heavy atom. The molecule has 0 saturated carbocycles. The van der Waals surface area contributed by atoms with Crippen molar-refractivity contribution in [3.63, 3.8) is 0 Å². The number of aliphatic hydroxyl groups is 1. The Hall–Kier alpha value is -9.92. The Balaban J connectivity index is 1.43. The zero-order valence-corrected chi connectivity index (χ0v) is 33.1. The van der Waals surface area contributed by atoms with E-state index in [1.165, 1.54) is 0 Å². The molecule has 0 spiro atoms. The van der Waals surface area contributed by atoms with E-state index in [2.05, 4.69) is 0 Å². The van der Waals surface area contributed by atoms with Gasteiger partial charge >= 0.3 is 29.8 Å². The van der Waals surface area contributed by atoms with Crippen LogP contribution in [0.25, 0.3) is 22.3 Å². The van der Waals surface area contributed by atoms with Crippen LogP contribution in [0, 0.1) is 0 Å². The smallest absolute Gasteiger partial charge is 0.339 e. The summed E-state index contributed by atoms with van der Waals surface area (Å²) in [5, 5.41) is 170. The first kappa shape index (κ1) is 46.1. The van der Waals surface area contributed by atoms with Crippen molar-refractivity contribution in [2.45, 2.75) is 24.4 Å². The largest absolute Gasteiger partial charge is 0.504 e. The van der Waals surface area contributed by atoms with Crippen LogP contribution in [0.2, 0.25) is 0 Å². The molecule has 0 fully saturated rings. The molecule has 27 nitrogen and oxygen atoms in total. The summed E-state index contributed by atoms with van der Waals surface area (Å²) in [6.45, 7) is -1.46. The standard InChI is InChI=1S/C41H28O27/c42-6-19-36(68-41(63)10-2-14(44)25(50)29(54)21(10)20-9(39(61)65-19)1-13(43)24(49)28(20)53)35-18(48)7-64-38(60)8-4-17(47)34(66-33-12(37(58)59)5-16(46)27(52)32(33)57)31(56)23(8)22-11(40(62)67-35)3-15(45)26(51)30(22)55/h1-6,18-19,35-36,43-57H,7H2,(H,58,59)/t18-,19+,35-,36-/m1/s1. The Morgan fingerprint density at radius 2 is 0.868 bits per heavy atom. The molecule has 5 aromatic carbocycles. The predicted octanol–water partition coefficient (Wildman–Crippen LogP) is 1.41. The molecule has 5 aromatic rings. The summed E-state index contributed by atoms with van der Waals surface area (Å²) in [6, 6.07) is 1.75. The van der Waals surface area contributed by atoms with E-state index in [1.807, 2.05) is 0 Å². The highest BCUT2D eigenvalue weighted by molar-refractivity contribution is 6.10. The normalized spacial score (nSPS) is 18.1. The molecule has 0 saturated heterocycles. The maximum atomic E-state index is 14.4. The number of phenols is 14. The number of aldehydes is 1. The summed E-state index contributed by atoms with van der Waals surface area (Å²) in [5.41, 5.74) is -10.5. The van der Waals surface area contributed by atoms with Crippen LogP contribution in [0.15, 0.2) is 30.3 Å². The Labute approximate surface area is 373 Å². The van der Waals surface area contributed by atoms with Crippen molar-refractivity contribution in [3.05, 3.63) is 58.1 Å². The average molecular weight is 953 g/mol. The van der Waals surface area contributed by atoms with Gasteiger partial charge in [0.05, 0.1) is 22.3 Å². The molecule has 68 heavy (non-hydrogen) atoms. The topological polar surface area (TPSA) is 472 Å². The average Bonchev–Trinajstić information content (AvgIpc) is 3.30. The number of carbonyl (C=O) groups excluding carboxylic acids is 5. The fourth-order valence-corrected chi connectivity index (χ4v) is 7.07. The molecule has 0 unspecified atom stereocenters. The molecule has 0 aromatic heterocycles.